The van der Waals surface area contributed by atoms with E-state index in [4.69, 9.17) is 11.6 Å². The summed E-state index contributed by atoms with van der Waals surface area (Å²) in [6, 6.07) is 13.6. The van der Waals surface area contributed by atoms with Gasteiger partial charge in [-0.3, -0.25) is 0 Å². The highest BCUT2D eigenvalue weighted by Crippen LogP contribution is 2.37. The van der Waals surface area contributed by atoms with Gasteiger partial charge >= 0.3 is 0 Å². The highest BCUT2D eigenvalue weighted by Gasteiger charge is 2.22. The molecule has 0 aromatic heterocycles. The zero-order chi connectivity index (χ0) is 14.7. The Morgan fingerprint density at radius 2 is 2.00 bits per heavy atom. The van der Waals surface area contributed by atoms with Gasteiger partial charge in [-0.15, -0.1) is 11.8 Å². The average Bonchev–Trinajstić information content (AvgIpc) is 2.50. The second-order valence-corrected chi connectivity index (χ2v) is 6.72. The lowest BCUT2D eigenvalue weighted by molar-refractivity contribution is 0.500. The van der Waals surface area contributed by atoms with Crippen molar-refractivity contribution < 1.29 is 4.39 Å². The van der Waals surface area contributed by atoms with Gasteiger partial charge in [-0.1, -0.05) is 35.9 Å². The second kappa shape index (κ2) is 6.82. The predicted molar refractivity (Wildman–Crippen MR) is 87.6 cm³/mol. The molecule has 1 unspecified atom stereocenters. The van der Waals surface area contributed by atoms with Gasteiger partial charge in [0, 0.05) is 16.0 Å². The van der Waals surface area contributed by atoms with Gasteiger partial charge in [-0.25, -0.2) is 4.39 Å². The first kappa shape index (κ1) is 14.9. The third-order valence-corrected chi connectivity index (χ3v) is 5.15. The first-order valence-electron chi connectivity index (χ1n) is 7.13. The summed E-state index contributed by atoms with van der Waals surface area (Å²) in [7, 11) is 0. The summed E-state index contributed by atoms with van der Waals surface area (Å²) < 4.78 is 13.8. The molecule has 0 radical (unpaired) electrons. The van der Waals surface area contributed by atoms with Crippen molar-refractivity contribution in [2.45, 2.75) is 23.8 Å². The number of halogens is 2. The minimum atomic E-state index is -0.0956. The monoisotopic (exact) mass is 321 g/mol. The van der Waals surface area contributed by atoms with E-state index in [1.807, 2.05) is 30.3 Å². The fourth-order valence-electron chi connectivity index (χ4n) is 2.64. The van der Waals surface area contributed by atoms with Crippen LogP contribution < -0.4 is 5.32 Å². The first-order chi connectivity index (χ1) is 10.2. The molecule has 110 valence electrons. The summed E-state index contributed by atoms with van der Waals surface area (Å²) in [5.74, 6) is 0.869. The molecular weight excluding hydrogens is 305 g/mol. The molecule has 1 heterocycles. The Hall–Kier alpha value is -1.03. The SMILES string of the molecule is Fc1cccc2c1SCCC2NCCc1ccc(Cl)cc1. The van der Waals surface area contributed by atoms with Crippen LogP contribution in [-0.4, -0.2) is 12.3 Å². The quantitative estimate of drug-likeness (QED) is 0.864. The maximum atomic E-state index is 13.8. The zero-order valence-corrected chi connectivity index (χ0v) is 13.2. The van der Waals surface area contributed by atoms with Crippen LogP contribution in [0.15, 0.2) is 47.4 Å². The van der Waals surface area contributed by atoms with Gasteiger partial charge in [0.2, 0.25) is 0 Å². The average molecular weight is 322 g/mol. The van der Waals surface area contributed by atoms with Gasteiger partial charge < -0.3 is 5.32 Å². The van der Waals surface area contributed by atoms with Crippen molar-refractivity contribution >= 4 is 23.4 Å². The van der Waals surface area contributed by atoms with Crippen molar-refractivity contribution in [2.24, 2.45) is 0 Å². The molecule has 0 bridgehead atoms. The van der Waals surface area contributed by atoms with Gasteiger partial charge in [0.15, 0.2) is 0 Å². The number of benzene rings is 2. The lowest BCUT2D eigenvalue weighted by Gasteiger charge is -2.26. The van der Waals surface area contributed by atoms with Crippen molar-refractivity contribution in [3.05, 3.63) is 64.4 Å². The maximum Gasteiger partial charge on any atom is 0.137 e. The summed E-state index contributed by atoms with van der Waals surface area (Å²) in [6.45, 7) is 0.882. The van der Waals surface area contributed by atoms with Crippen LogP contribution in [0.5, 0.6) is 0 Å². The van der Waals surface area contributed by atoms with E-state index in [0.717, 1.165) is 40.6 Å². The molecule has 1 aliphatic rings. The molecule has 2 aromatic carbocycles. The van der Waals surface area contributed by atoms with Crippen molar-refractivity contribution in [1.29, 1.82) is 0 Å². The largest absolute Gasteiger partial charge is 0.310 e. The Balaban J connectivity index is 1.62. The van der Waals surface area contributed by atoms with Crippen LogP contribution in [0.2, 0.25) is 5.02 Å². The molecule has 3 rings (SSSR count). The molecule has 1 nitrogen and oxygen atoms in total. The summed E-state index contributed by atoms with van der Waals surface area (Å²) in [6.07, 6.45) is 1.99. The molecule has 1 N–H and O–H groups in total. The van der Waals surface area contributed by atoms with Crippen LogP contribution in [0.3, 0.4) is 0 Å². The van der Waals surface area contributed by atoms with Crippen LogP contribution in [0, 0.1) is 5.82 Å². The molecule has 1 atom stereocenters. The minimum absolute atomic E-state index is 0.0956. The van der Waals surface area contributed by atoms with E-state index in [-0.39, 0.29) is 11.9 Å². The van der Waals surface area contributed by atoms with E-state index in [9.17, 15) is 4.39 Å². The predicted octanol–water partition coefficient (Wildman–Crippen LogP) is 4.85. The minimum Gasteiger partial charge on any atom is -0.310 e. The number of nitrogens with one attached hydrogen (secondary N) is 1. The molecule has 0 fully saturated rings. The third kappa shape index (κ3) is 3.60. The summed E-state index contributed by atoms with van der Waals surface area (Å²) in [5, 5.41) is 4.32. The van der Waals surface area contributed by atoms with E-state index < -0.39 is 0 Å². The van der Waals surface area contributed by atoms with Gasteiger partial charge in [0.1, 0.15) is 5.82 Å². The molecule has 2 aromatic rings. The van der Waals surface area contributed by atoms with Gasteiger partial charge in [-0.2, -0.15) is 0 Å². The van der Waals surface area contributed by atoms with E-state index in [1.165, 1.54) is 5.56 Å². The highest BCUT2D eigenvalue weighted by atomic mass is 35.5. The molecule has 0 amide bonds. The number of rotatable bonds is 4. The molecule has 0 saturated heterocycles. The standard InChI is InChI=1S/C17H17ClFNS/c18-13-6-4-12(5-7-13)8-10-20-16-9-11-21-17-14(16)2-1-3-15(17)19/h1-7,16,20H,8-11H2. The van der Waals surface area contributed by atoms with E-state index in [1.54, 1.807) is 23.9 Å². The zero-order valence-electron chi connectivity index (χ0n) is 11.6. The van der Waals surface area contributed by atoms with Crippen molar-refractivity contribution in [3.8, 4) is 0 Å². The van der Waals surface area contributed by atoms with E-state index >= 15 is 0 Å². The molecule has 21 heavy (non-hydrogen) atoms. The molecular formula is C17H17ClFNS. The molecule has 0 aliphatic carbocycles. The summed E-state index contributed by atoms with van der Waals surface area (Å²) in [4.78, 5) is 0.813. The smallest absolute Gasteiger partial charge is 0.137 e. The van der Waals surface area contributed by atoms with Crippen LogP contribution in [0.4, 0.5) is 4.39 Å². The fraction of sp³-hybridized carbons (Fsp3) is 0.294. The molecule has 4 heteroatoms. The van der Waals surface area contributed by atoms with Gasteiger partial charge in [0.25, 0.3) is 0 Å². The Labute approximate surface area is 133 Å². The van der Waals surface area contributed by atoms with Gasteiger partial charge in [0.05, 0.1) is 0 Å². The fourth-order valence-corrected chi connectivity index (χ4v) is 3.91. The Kier molecular flexibility index (Phi) is 4.84. The Bertz CT molecular complexity index is 615. The normalized spacial score (nSPS) is 17.5. The molecule has 0 saturated carbocycles. The van der Waals surface area contributed by atoms with E-state index in [0.29, 0.717) is 0 Å². The Morgan fingerprint density at radius 3 is 2.81 bits per heavy atom. The van der Waals surface area contributed by atoms with Crippen LogP contribution in [-0.2, 0) is 6.42 Å². The number of fused-ring (bicyclic) bond motifs is 1. The summed E-state index contributed by atoms with van der Waals surface area (Å²) in [5.41, 5.74) is 2.36. The Morgan fingerprint density at radius 1 is 1.19 bits per heavy atom. The number of hydrogen-bond donors (Lipinski definition) is 1. The number of hydrogen-bond acceptors (Lipinski definition) is 2. The first-order valence-corrected chi connectivity index (χ1v) is 8.49. The lowest BCUT2D eigenvalue weighted by atomic mass is 10.0. The van der Waals surface area contributed by atoms with Crippen molar-refractivity contribution in [2.75, 3.05) is 12.3 Å². The topological polar surface area (TPSA) is 12.0 Å². The van der Waals surface area contributed by atoms with Crippen LogP contribution in [0.25, 0.3) is 0 Å². The third-order valence-electron chi connectivity index (χ3n) is 3.74. The highest BCUT2D eigenvalue weighted by molar-refractivity contribution is 7.99. The van der Waals surface area contributed by atoms with Crippen molar-refractivity contribution in [3.63, 3.8) is 0 Å². The maximum absolute atomic E-state index is 13.8. The number of thioether (sulfide) groups is 1. The second-order valence-electron chi connectivity index (χ2n) is 5.18. The van der Waals surface area contributed by atoms with Gasteiger partial charge in [-0.05, 0) is 54.5 Å². The molecule has 1 aliphatic heterocycles. The van der Waals surface area contributed by atoms with E-state index in [2.05, 4.69) is 5.32 Å². The molecule has 0 spiro atoms. The van der Waals surface area contributed by atoms with Crippen LogP contribution in [0.1, 0.15) is 23.6 Å². The van der Waals surface area contributed by atoms with Crippen molar-refractivity contribution in [1.82, 2.24) is 5.32 Å². The lowest BCUT2D eigenvalue weighted by Crippen LogP contribution is -2.26. The van der Waals surface area contributed by atoms with Crippen LogP contribution >= 0.6 is 23.4 Å². The summed E-state index contributed by atoms with van der Waals surface area (Å²) >= 11 is 7.51.